The molecule has 2 aromatic rings. The normalized spacial score (nSPS) is 11.4. The third-order valence-electron chi connectivity index (χ3n) is 2.68. The summed E-state index contributed by atoms with van der Waals surface area (Å²) >= 11 is 0. The van der Waals surface area contributed by atoms with E-state index in [1.54, 1.807) is 36.5 Å². The molecule has 1 aromatic carbocycles. The summed E-state index contributed by atoms with van der Waals surface area (Å²) in [6, 6.07) is 8.44. The molecule has 0 fully saturated rings. The minimum Gasteiger partial charge on any atom is -0.392 e. The van der Waals surface area contributed by atoms with Crippen molar-refractivity contribution in [2.75, 3.05) is 0 Å². The molecule has 0 saturated carbocycles. The first-order valence-electron chi connectivity index (χ1n) is 6.00. The maximum Gasteiger partial charge on any atom is 0.216 e. The van der Waals surface area contributed by atoms with Gasteiger partial charge < -0.3 is 5.11 Å². The number of aliphatic hydroxyl groups is 1. The highest BCUT2D eigenvalue weighted by Crippen LogP contribution is 2.08. The van der Waals surface area contributed by atoms with E-state index in [9.17, 15) is 8.42 Å². The summed E-state index contributed by atoms with van der Waals surface area (Å²) in [5.41, 5.74) is 2.02. The van der Waals surface area contributed by atoms with E-state index < -0.39 is 10.0 Å². The van der Waals surface area contributed by atoms with Gasteiger partial charge in [0.15, 0.2) is 0 Å². The summed E-state index contributed by atoms with van der Waals surface area (Å²) in [6.07, 6.45) is 2.93. The summed E-state index contributed by atoms with van der Waals surface area (Å²) in [7, 11) is -3.43. The van der Waals surface area contributed by atoms with Crippen LogP contribution in [0.2, 0.25) is 0 Å². The number of aliphatic hydroxyl groups excluding tert-OH is 1. The summed E-state index contributed by atoms with van der Waals surface area (Å²) in [4.78, 5) is 7.71. The van der Waals surface area contributed by atoms with Crippen molar-refractivity contribution < 1.29 is 13.5 Å². The third-order valence-corrected chi connectivity index (χ3v) is 3.98. The van der Waals surface area contributed by atoms with Crippen molar-refractivity contribution in [2.24, 2.45) is 0 Å². The van der Waals surface area contributed by atoms with E-state index in [1.165, 1.54) is 6.33 Å². The first-order chi connectivity index (χ1) is 9.59. The van der Waals surface area contributed by atoms with Gasteiger partial charge in [0.1, 0.15) is 6.33 Å². The smallest absolute Gasteiger partial charge is 0.216 e. The Morgan fingerprint density at radius 3 is 2.40 bits per heavy atom. The predicted octanol–water partition coefficient (Wildman–Crippen LogP) is 0.589. The van der Waals surface area contributed by atoms with Crippen molar-refractivity contribution in [3.63, 3.8) is 0 Å². The molecule has 0 radical (unpaired) electrons. The Balaban J connectivity index is 1.96. The quantitative estimate of drug-likeness (QED) is 0.813. The van der Waals surface area contributed by atoms with Crippen molar-refractivity contribution >= 4 is 10.0 Å². The van der Waals surface area contributed by atoms with Crippen LogP contribution in [0.1, 0.15) is 16.8 Å². The summed E-state index contributed by atoms with van der Waals surface area (Å²) in [5.74, 6) is -0.107. The van der Waals surface area contributed by atoms with Gasteiger partial charge in [0.2, 0.25) is 10.0 Å². The second-order valence-corrected chi connectivity index (χ2v) is 6.06. The molecule has 2 N–H and O–H groups in total. The topological polar surface area (TPSA) is 92.2 Å². The van der Waals surface area contributed by atoms with Crippen molar-refractivity contribution in [1.82, 2.24) is 14.7 Å². The highest BCUT2D eigenvalue weighted by molar-refractivity contribution is 7.88. The zero-order valence-electron chi connectivity index (χ0n) is 10.7. The summed E-state index contributed by atoms with van der Waals surface area (Å²) in [5, 5.41) is 8.93. The lowest BCUT2D eigenvalue weighted by atomic mass is 10.2. The Labute approximate surface area is 117 Å². The first kappa shape index (κ1) is 14.6. The zero-order valence-corrected chi connectivity index (χ0v) is 11.5. The zero-order chi connectivity index (χ0) is 14.4. The average molecular weight is 293 g/mol. The van der Waals surface area contributed by atoms with Gasteiger partial charge in [-0.3, -0.25) is 0 Å². The minimum atomic E-state index is -3.43. The molecule has 2 rings (SSSR count). The molecule has 20 heavy (non-hydrogen) atoms. The van der Waals surface area contributed by atoms with E-state index in [0.29, 0.717) is 11.3 Å². The van der Waals surface area contributed by atoms with Gasteiger partial charge in [0, 0.05) is 6.20 Å². The molecule has 1 aromatic heterocycles. The SMILES string of the molecule is O=S(=O)(Cc1ccc(CO)cc1)NCc1ccncn1. The minimum absolute atomic E-state index is 0.0566. The number of benzene rings is 1. The molecule has 0 aliphatic carbocycles. The van der Waals surface area contributed by atoms with Crippen LogP contribution in [0, 0.1) is 0 Å². The average Bonchev–Trinajstić information content (AvgIpc) is 2.47. The maximum atomic E-state index is 11.9. The molecule has 7 heteroatoms. The molecule has 0 unspecified atom stereocenters. The maximum absolute atomic E-state index is 11.9. The Kier molecular flexibility index (Phi) is 4.78. The van der Waals surface area contributed by atoms with Gasteiger partial charge in [-0.1, -0.05) is 24.3 Å². The van der Waals surface area contributed by atoms with Crippen LogP contribution in [0.5, 0.6) is 0 Å². The van der Waals surface area contributed by atoms with E-state index in [1.807, 2.05) is 0 Å². The Bertz CT molecular complexity index is 642. The molecule has 106 valence electrons. The van der Waals surface area contributed by atoms with E-state index in [2.05, 4.69) is 14.7 Å². The molecular weight excluding hydrogens is 278 g/mol. The number of aromatic nitrogens is 2. The fourth-order valence-electron chi connectivity index (χ4n) is 1.62. The molecule has 1 heterocycles. The Morgan fingerprint density at radius 2 is 1.80 bits per heavy atom. The molecule has 0 bridgehead atoms. The van der Waals surface area contributed by atoms with Gasteiger partial charge in [-0.2, -0.15) is 0 Å². The molecule has 0 amide bonds. The molecule has 6 nitrogen and oxygen atoms in total. The van der Waals surface area contributed by atoms with Crippen molar-refractivity contribution in [3.8, 4) is 0 Å². The Hall–Kier alpha value is -1.83. The number of nitrogens with one attached hydrogen (secondary N) is 1. The van der Waals surface area contributed by atoms with Crippen molar-refractivity contribution in [2.45, 2.75) is 18.9 Å². The molecular formula is C13H15N3O3S. The number of hydrogen-bond acceptors (Lipinski definition) is 5. The second-order valence-electron chi connectivity index (χ2n) is 4.26. The van der Waals surface area contributed by atoms with E-state index >= 15 is 0 Å². The summed E-state index contributed by atoms with van der Waals surface area (Å²) < 4.78 is 26.3. The fourth-order valence-corrected chi connectivity index (χ4v) is 2.72. The van der Waals surface area contributed by atoms with Gasteiger partial charge in [-0.05, 0) is 17.2 Å². The number of rotatable bonds is 6. The lowest BCUT2D eigenvalue weighted by Crippen LogP contribution is -2.25. The van der Waals surface area contributed by atoms with E-state index in [0.717, 1.165) is 5.56 Å². The predicted molar refractivity (Wildman–Crippen MR) is 73.9 cm³/mol. The highest BCUT2D eigenvalue weighted by atomic mass is 32.2. The lowest BCUT2D eigenvalue weighted by Gasteiger charge is -2.07. The van der Waals surface area contributed by atoms with Crippen LogP contribution < -0.4 is 4.72 Å². The van der Waals surface area contributed by atoms with Crippen molar-refractivity contribution in [3.05, 3.63) is 59.7 Å². The van der Waals surface area contributed by atoms with Crippen LogP contribution in [0.3, 0.4) is 0 Å². The van der Waals surface area contributed by atoms with Crippen LogP contribution in [0.25, 0.3) is 0 Å². The second kappa shape index (κ2) is 6.56. The van der Waals surface area contributed by atoms with Crippen molar-refractivity contribution in [1.29, 1.82) is 0 Å². The molecule has 0 atom stereocenters. The van der Waals surface area contributed by atoms with Crippen LogP contribution in [-0.2, 0) is 28.9 Å². The van der Waals surface area contributed by atoms with Gasteiger partial charge in [0.05, 0.1) is 24.6 Å². The van der Waals surface area contributed by atoms with Gasteiger partial charge in [-0.15, -0.1) is 0 Å². The monoisotopic (exact) mass is 293 g/mol. The highest BCUT2D eigenvalue weighted by Gasteiger charge is 2.11. The van der Waals surface area contributed by atoms with E-state index in [-0.39, 0.29) is 18.9 Å². The Morgan fingerprint density at radius 1 is 1.10 bits per heavy atom. The number of sulfonamides is 1. The lowest BCUT2D eigenvalue weighted by molar-refractivity contribution is 0.282. The molecule has 0 aliphatic rings. The summed E-state index contributed by atoms with van der Waals surface area (Å²) in [6.45, 7) is 0.0819. The van der Waals surface area contributed by atoms with Crippen LogP contribution in [0.15, 0.2) is 42.9 Å². The molecule has 0 spiro atoms. The number of hydrogen-bond donors (Lipinski definition) is 2. The van der Waals surface area contributed by atoms with Gasteiger partial charge in [0.25, 0.3) is 0 Å². The molecule has 0 saturated heterocycles. The van der Waals surface area contributed by atoms with Crippen LogP contribution >= 0.6 is 0 Å². The third kappa shape index (κ3) is 4.37. The van der Waals surface area contributed by atoms with E-state index in [4.69, 9.17) is 5.11 Å². The molecule has 0 aliphatic heterocycles. The largest absolute Gasteiger partial charge is 0.392 e. The van der Waals surface area contributed by atoms with Crippen LogP contribution in [0.4, 0.5) is 0 Å². The van der Waals surface area contributed by atoms with Crippen LogP contribution in [-0.4, -0.2) is 23.5 Å². The van der Waals surface area contributed by atoms with Gasteiger partial charge >= 0.3 is 0 Å². The standard InChI is InChI=1S/C13H15N3O3S/c17-8-11-1-3-12(4-2-11)9-20(18,19)16-7-13-5-6-14-10-15-13/h1-6,10,16-17H,7-9H2. The first-order valence-corrected chi connectivity index (χ1v) is 7.65. The van der Waals surface area contributed by atoms with Gasteiger partial charge in [-0.25, -0.2) is 23.1 Å². The fraction of sp³-hybridized carbons (Fsp3) is 0.231. The number of nitrogens with zero attached hydrogens (tertiary/aromatic N) is 2.